The van der Waals surface area contributed by atoms with Gasteiger partial charge in [0.25, 0.3) is 0 Å². The van der Waals surface area contributed by atoms with E-state index in [0.29, 0.717) is 5.92 Å². The fourth-order valence-corrected chi connectivity index (χ4v) is 2.10. The van der Waals surface area contributed by atoms with Crippen LogP contribution in [0.1, 0.15) is 30.9 Å². The van der Waals surface area contributed by atoms with Crippen LogP contribution in [0.4, 0.5) is 0 Å². The molecule has 0 aliphatic rings. The van der Waals surface area contributed by atoms with Crippen LogP contribution >= 0.6 is 11.7 Å². The molecular formula is C10H12N2S. The van der Waals surface area contributed by atoms with Gasteiger partial charge in [0.15, 0.2) is 0 Å². The molecule has 0 atom stereocenters. The predicted molar refractivity (Wildman–Crippen MR) is 56.2 cm³/mol. The molecule has 1 aromatic heterocycles. The first-order chi connectivity index (χ1) is 6.20. The summed E-state index contributed by atoms with van der Waals surface area (Å²) in [5.41, 5.74) is 4.67. The Morgan fingerprint density at radius 3 is 2.54 bits per heavy atom. The van der Waals surface area contributed by atoms with Crippen molar-refractivity contribution in [2.24, 2.45) is 0 Å². The lowest BCUT2D eigenvalue weighted by atomic mass is 10.00. The van der Waals surface area contributed by atoms with Gasteiger partial charge in [0.2, 0.25) is 0 Å². The molecule has 1 heterocycles. The molecule has 13 heavy (non-hydrogen) atoms. The molecule has 2 nitrogen and oxygen atoms in total. The number of hydrogen-bond donors (Lipinski definition) is 0. The minimum atomic E-state index is 0.520. The SMILES string of the molecule is Cc1ccc(C(C)C)c2nsnc12. The van der Waals surface area contributed by atoms with Crippen molar-refractivity contribution >= 4 is 22.8 Å². The molecule has 3 heteroatoms. The fourth-order valence-electron chi connectivity index (χ4n) is 1.48. The fraction of sp³-hybridized carbons (Fsp3) is 0.400. The summed E-state index contributed by atoms with van der Waals surface area (Å²) in [4.78, 5) is 0. The standard InChI is InChI=1S/C10H12N2S/c1-6(2)8-5-4-7(3)9-10(8)12-13-11-9/h4-6H,1-3H3. The summed E-state index contributed by atoms with van der Waals surface area (Å²) in [6.45, 7) is 6.45. The maximum atomic E-state index is 4.33. The number of fused-ring (bicyclic) bond motifs is 1. The number of aromatic nitrogens is 2. The van der Waals surface area contributed by atoms with Gasteiger partial charge in [-0.05, 0) is 24.0 Å². The normalized spacial score (nSPS) is 11.4. The molecule has 0 spiro atoms. The highest BCUT2D eigenvalue weighted by Gasteiger charge is 2.09. The minimum absolute atomic E-state index is 0.520. The smallest absolute Gasteiger partial charge is 0.108 e. The molecule has 0 radical (unpaired) electrons. The zero-order valence-electron chi connectivity index (χ0n) is 8.03. The van der Waals surface area contributed by atoms with E-state index in [2.05, 4.69) is 41.7 Å². The van der Waals surface area contributed by atoms with Crippen LogP contribution in [0.5, 0.6) is 0 Å². The number of nitrogens with zero attached hydrogens (tertiary/aromatic N) is 2. The van der Waals surface area contributed by atoms with Crippen molar-refractivity contribution in [1.29, 1.82) is 0 Å². The van der Waals surface area contributed by atoms with Gasteiger partial charge in [0.1, 0.15) is 11.0 Å². The van der Waals surface area contributed by atoms with Crippen LogP contribution in [0.2, 0.25) is 0 Å². The van der Waals surface area contributed by atoms with Crippen molar-refractivity contribution in [3.8, 4) is 0 Å². The summed E-state index contributed by atoms with van der Waals surface area (Å²) in [6.07, 6.45) is 0. The Labute approximate surface area is 81.9 Å². The average Bonchev–Trinajstić information content (AvgIpc) is 2.53. The summed E-state index contributed by atoms with van der Waals surface area (Å²) >= 11 is 1.30. The highest BCUT2D eigenvalue weighted by Crippen LogP contribution is 2.25. The first-order valence-corrected chi connectivity index (χ1v) is 5.15. The number of hydrogen-bond acceptors (Lipinski definition) is 3. The molecule has 0 saturated heterocycles. The quantitative estimate of drug-likeness (QED) is 0.693. The van der Waals surface area contributed by atoms with Crippen molar-refractivity contribution in [3.63, 3.8) is 0 Å². The maximum absolute atomic E-state index is 4.33. The van der Waals surface area contributed by atoms with Crippen molar-refractivity contribution in [3.05, 3.63) is 23.3 Å². The lowest BCUT2D eigenvalue weighted by Crippen LogP contribution is -1.90. The Bertz CT molecular complexity index is 431. The van der Waals surface area contributed by atoms with Crippen LogP contribution in [-0.4, -0.2) is 8.75 Å². The third-order valence-electron chi connectivity index (χ3n) is 2.27. The lowest BCUT2D eigenvalue weighted by Gasteiger charge is -2.05. The molecule has 0 aliphatic heterocycles. The van der Waals surface area contributed by atoms with E-state index >= 15 is 0 Å². The van der Waals surface area contributed by atoms with Gasteiger partial charge in [0.05, 0.1) is 11.7 Å². The van der Waals surface area contributed by atoms with E-state index in [1.54, 1.807) is 0 Å². The zero-order valence-corrected chi connectivity index (χ0v) is 8.85. The number of aryl methyl sites for hydroxylation is 1. The Hall–Kier alpha value is -0.960. The molecule has 0 aliphatic carbocycles. The third kappa shape index (κ3) is 1.33. The molecule has 0 fully saturated rings. The Balaban J connectivity index is 2.78. The second-order valence-corrected chi connectivity index (χ2v) is 4.12. The molecule has 0 saturated carbocycles. The molecule has 2 rings (SSSR count). The predicted octanol–water partition coefficient (Wildman–Crippen LogP) is 3.12. The molecule has 2 aromatic rings. The summed E-state index contributed by atoms with van der Waals surface area (Å²) in [5, 5.41) is 0. The van der Waals surface area contributed by atoms with E-state index in [9.17, 15) is 0 Å². The van der Waals surface area contributed by atoms with E-state index < -0.39 is 0 Å². The van der Waals surface area contributed by atoms with Crippen LogP contribution in [0, 0.1) is 6.92 Å². The Morgan fingerprint density at radius 1 is 1.15 bits per heavy atom. The lowest BCUT2D eigenvalue weighted by molar-refractivity contribution is 0.874. The second kappa shape index (κ2) is 3.07. The summed E-state index contributed by atoms with van der Waals surface area (Å²) < 4.78 is 8.62. The van der Waals surface area contributed by atoms with Gasteiger partial charge in [-0.3, -0.25) is 0 Å². The molecular weight excluding hydrogens is 180 g/mol. The first kappa shape index (κ1) is 8.63. The highest BCUT2D eigenvalue weighted by atomic mass is 32.1. The third-order valence-corrected chi connectivity index (χ3v) is 2.80. The molecule has 68 valence electrons. The van der Waals surface area contributed by atoms with Crippen LogP contribution in [0.25, 0.3) is 11.0 Å². The van der Waals surface area contributed by atoms with Crippen molar-refractivity contribution in [2.75, 3.05) is 0 Å². The van der Waals surface area contributed by atoms with E-state index in [0.717, 1.165) is 11.0 Å². The van der Waals surface area contributed by atoms with Crippen LogP contribution in [0.15, 0.2) is 12.1 Å². The van der Waals surface area contributed by atoms with Gasteiger partial charge < -0.3 is 0 Å². The summed E-state index contributed by atoms with van der Waals surface area (Å²) in [6, 6.07) is 4.28. The van der Waals surface area contributed by atoms with Crippen molar-refractivity contribution in [2.45, 2.75) is 26.7 Å². The molecule has 0 amide bonds. The van der Waals surface area contributed by atoms with Gasteiger partial charge in [0, 0.05) is 0 Å². The van der Waals surface area contributed by atoms with Gasteiger partial charge >= 0.3 is 0 Å². The van der Waals surface area contributed by atoms with Gasteiger partial charge in [-0.2, -0.15) is 8.75 Å². The van der Waals surface area contributed by atoms with Gasteiger partial charge in [-0.15, -0.1) is 0 Å². The van der Waals surface area contributed by atoms with E-state index in [4.69, 9.17) is 0 Å². The van der Waals surface area contributed by atoms with E-state index in [-0.39, 0.29) is 0 Å². The molecule has 1 aromatic carbocycles. The monoisotopic (exact) mass is 192 g/mol. The average molecular weight is 192 g/mol. The Kier molecular flexibility index (Phi) is 2.04. The Morgan fingerprint density at radius 2 is 1.85 bits per heavy atom. The molecule has 0 unspecified atom stereocenters. The van der Waals surface area contributed by atoms with Gasteiger partial charge in [-0.25, -0.2) is 0 Å². The van der Waals surface area contributed by atoms with Crippen molar-refractivity contribution < 1.29 is 0 Å². The largest absolute Gasteiger partial charge is 0.173 e. The maximum Gasteiger partial charge on any atom is 0.108 e. The summed E-state index contributed by atoms with van der Waals surface area (Å²) in [7, 11) is 0. The van der Waals surface area contributed by atoms with E-state index in [1.807, 2.05) is 0 Å². The van der Waals surface area contributed by atoms with Gasteiger partial charge in [-0.1, -0.05) is 26.0 Å². The second-order valence-electron chi connectivity index (χ2n) is 3.59. The first-order valence-electron chi connectivity index (χ1n) is 4.42. The topological polar surface area (TPSA) is 25.8 Å². The zero-order chi connectivity index (χ0) is 9.42. The minimum Gasteiger partial charge on any atom is -0.173 e. The number of rotatable bonds is 1. The number of benzene rings is 1. The van der Waals surface area contributed by atoms with Crippen LogP contribution in [0.3, 0.4) is 0 Å². The van der Waals surface area contributed by atoms with E-state index in [1.165, 1.54) is 22.9 Å². The molecule has 0 N–H and O–H groups in total. The van der Waals surface area contributed by atoms with Crippen LogP contribution in [-0.2, 0) is 0 Å². The van der Waals surface area contributed by atoms with Crippen LogP contribution < -0.4 is 0 Å². The van der Waals surface area contributed by atoms with Crippen molar-refractivity contribution in [1.82, 2.24) is 8.75 Å². The highest BCUT2D eigenvalue weighted by molar-refractivity contribution is 7.00. The molecule has 0 bridgehead atoms. The summed E-state index contributed by atoms with van der Waals surface area (Å²) in [5.74, 6) is 0.520.